The fraction of sp³-hybridized carbons (Fsp3) is 0.0435. The molecule has 0 bridgehead atoms. The number of benzene rings is 2. The molecule has 0 fully saturated rings. The lowest BCUT2D eigenvalue weighted by atomic mass is 10.1. The molecule has 0 saturated heterocycles. The van der Waals surface area contributed by atoms with Gasteiger partial charge in [0.1, 0.15) is 5.69 Å². The van der Waals surface area contributed by atoms with Gasteiger partial charge in [-0.1, -0.05) is 30.3 Å². The highest BCUT2D eigenvalue weighted by atomic mass is 16.2. The molecule has 0 radical (unpaired) electrons. The molecule has 0 aliphatic heterocycles. The molecule has 0 spiro atoms. The van der Waals surface area contributed by atoms with Gasteiger partial charge in [-0.05, 0) is 43.3 Å². The maximum absolute atomic E-state index is 12.6. The second kappa shape index (κ2) is 7.90. The lowest BCUT2D eigenvalue weighted by Gasteiger charge is -2.10. The van der Waals surface area contributed by atoms with Gasteiger partial charge >= 0.3 is 0 Å². The van der Waals surface area contributed by atoms with E-state index >= 15 is 0 Å². The third kappa shape index (κ3) is 4.11. The van der Waals surface area contributed by atoms with Crippen molar-refractivity contribution >= 4 is 39.7 Å². The average molecular weight is 382 g/mol. The minimum absolute atomic E-state index is 0.0610. The zero-order valence-corrected chi connectivity index (χ0v) is 15.7. The molecule has 4 aromatic rings. The van der Waals surface area contributed by atoms with Crippen molar-refractivity contribution in [3.63, 3.8) is 0 Å². The number of pyridine rings is 2. The van der Waals surface area contributed by atoms with Crippen molar-refractivity contribution in [2.24, 2.45) is 0 Å². The van der Waals surface area contributed by atoms with Gasteiger partial charge in [0.25, 0.3) is 5.91 Å². The molecule has 0 aliphatic carbocycles. The Morgan fingerprint density at radius 3 is 2.52 bits per heavy atom. The lowest BCUT2D eigenvalue weighted by molar-refractivity contribution is 0.100. The number of carbonyl (C=O) groups is 2. The second-order valence-electron chi connectivity index (χ2n) is 6.53. The van der Waals surface area contributed by atoms with Crippen molar-refractivity contribution in [1.29, 1.82) is 0 Å². The van der Waals surface area contributed by atoms with Crippen LogP contribution < -0.4 is 10.6 Å². The molecule has 0 saturated carbocycles. The Morgan fingerprint density at radius 1 is 0.828 bits per heavy atom. The number of carbonyl (C=O) groups excluding carboxylic acids is 2. The predicted octanol–water partition coefficient (Wildman–Crippen LogP) is 4.83. The molecular formula is C23H18N4O2. The number of hydrogen-bond donors (Lipinski definition) is 2. The van der Waals surface area contributed by atoms with Crippen molar-refractivity contribution in [2.45, 2.75) is 6.92 Å². The lowest BCUT2D eigenvalue weighted by Crippen LogP contribution is -2.14. The van der Waals surface area contributed by atoms with E-state index in [1.807, 2.05) is 30.3 Å². The van der Waals surface area contributed by atoms with Crippen LogP contribution in [0.1, 0.15) is 27.8 Å². The summed E-state index contributed by atoms with van der Waals surface area (Å²) in [6, 6.07) is 20.0. The van der Waals surface area contributed by atoms with Crippen molar-refractivity contribution in [3.05, 3.63) is 90.4 Å². The van der Waals surface area contributed by atoms with Crippen LogP contribution in [0.25, 0.3) is 10.9 Å². The molecule has 2 heterocycles. The number of nitrogens with one attached hydrogen (secondary N) is 2. The normalized spacial score (nSPS) is 10.5. The number of nitrogens with zero attached hydrogens (tertiary/aromatic N) is 2. The fourth-order valence-corrected chi connectivity index (χ4v) is 3.00. The molecule has 1 amide bonds. The number of ketones is 1. The zero-order chi connectivity index (χ0) is 20.2. The molecule has 0 aliphatic rings. The first-order chi connectivity index (χ1) is 14.1. The van der Waals surface area contributed by atoms with Crippen LogP contribution in [0, 0.1) is 0 Å². The van der Waals surface area contributed by atoms with E-state index in [-0.39, 0.29) is 17.4 Å². The summed E-state index contributed by atoms with van der Waals surface area (Å²) < 4.78 is 0. The van der Waals surface area contributed by atoms with Crippen molar-refractivity contribution in [2.75, 3.05) is 10.6 Å². The summed E-state index contributed by atoms with van der Waals surface area (Å²) in [5.74, 6) is -0.417. The third-order valence-electron chi connectivity index (χ3n) is 4.43. The Bertz CT molecular complexity index is 1210. The van der Waals surface area contributed by atoms with Crippen LogP contribution in [0.5, 0.6) is 0 Å². The molecule has 2 aromatic heterocycles. The number of rotatable bonds is 5. The molecule has 142 valence electrons. The Kier molecular flexibility index (Phi) is 4.99. The minimum atomic E-state index is -0.356. The molecule has 6 nitrogen and oxygen atoms in total. The van der Waals surface area contributed by atoms with Crippen LogP contribution in [-0.2, 0) is 0 Å². The highest BCUT2D eigenvalue weighted by Crippen LogP contribution is 2.24. The number of hydrogen-bond acceptors (Lipinski definition) is 5. The van der Waals surface area contributed by atoms with Crippen LogP contribution in [0.4, 0.5) is 17.1 Å². The van der Waals surface area contributed by atoms with Gasteiger partial charge in [-0.3, -0.25) is 19.6 Å². The summed E-state index contributed by atoms with van der Waals surface area (Å²) >= 11 is 0. The molecule has 29 heavy (non-hydrogen) atoms. The summed E-state index contributed by atoms with van der Waals surface area (Å²) in [5.41, 5.74) is 3.75. The quantitative estimate of drug-likeness (QED) is 0.483. The Hall–Kier alpha value is -4.06. The largest absolute Gasteiger partial charge is 0.354 e. The van der Waals surface area contributed by atoms with E-state index in [1.165, 1.54) is 6.92 Å². The summed E-state index contributed by atoms with van der Waals surface area (Å²) in [6.45, 7) is 1.49. The SMILES string of the molecule is CC(=O)c1cccc(NC(=O)c2cc(Nc3cccc4cccnc34)ccn2)c1. The first-order valence-corrected chi connectivity index (χ1v) is 9.09. The molecule has 4 rings (SSSR count). The molecule has 0 atom stereocenters. The summed E-state index contributed by atoms with van der Waals surface area (Å²) in [4.78, 5) is 32.7. The topological polar surface area (TPSA) is 84.0 Å². The summed E-state index contributed by atoms with van der Waals surface area (Å²) in [7, 11) is 0. The molecule has 2 aromatic carbocycles. The smallest absolute Gasteiger partial charge is 0.274 e. The van der Waals surface area contributed by atoms with Gasteiger partial charge in [0, 0.05) is 34.7 Å². The molecule has 6 heteroatoms. The van der Waals surface area contributed by atoms with Gasteiger partial charge in [0.15, 0.2) is 5.78 Å². The van der Waals surface area contributed by atoms with Gasteiger partial charge < -0.3 is 10.6 Å². The standard InChI is InChI=1S/C23H18N4O2/c1-15(28)17-6-2-8-18(13-17)27-23(29)21-14-19(10-12-24-21)26-20-9-3-5-16-7-4-11-25-22(16)20/h2-14H,1H3,(H,24,26)(H,27,29). The zero-order valence-electron chi connectivity index (χ0n) is 15.7. The highest BCUT2D eigenvalue weighted by Gasteiger charge is 2.10. The first-order valence-electron chi connectivity index (χ1n) is 9.09. The van der Waals surface area contributed by atoms with Crippen LogP contribution in [0.2, 0.25) is 0 Å². The van der Waals surface area contributed by atoms with E-state index in [0.29, 0.717) is 11.3 Å². The monoisotopic (exact) mass is 382 g/mol. The van der Waals surface area contributed by atoms with Crippen molar-refractivity contribution < 1.29 is 9.59 Å². The molecule has 2 N–H and O–H groups in total. The van der Waals surface area contributed by atoms with Crippen LogP contribution >= 0.6 is 0 Å². The Morgan fingerprint density at radius 2 is 1.66 bits per heavy atom. The van der Waals surface area contributed by atoms with Gasteiger partial charge in [-0.25, -0.2) is 0 Å². The fourth-order valence-electron chi connectivity index (χ4n) is 3.00. The van der Waals surface area contributed by atoms with Crippen LogP contribution in [0.3, 0.4) is 0 Å². The number of fused-ring (bicyclic) bond motifs is 1. The summed E-state index contributed by atoms with van der Waals surface area (Å²) in [6.07, 6.45) is 3.32. The van der Waals surface area contributed by atoms with Crippen molar-refractivity contribution in [3.8, 4) is 0 Å². The van der Waals surface area contributed by atoms with E-state index in [0.717, 1.165) is 22.3 Å². The maximum atomic E-state index is 12.6. The van der Waals surface area contributed by atoms with Gasteiger partial charge in [0.2, 0.25) is 0 Å². The summed E-state index contributed by atoms with van der Waals surface area (Å²) in [5, 5.41) is 7.11. The van der Waals surface area contributed by atoms with Crippen LogP contribution in [-0.4, -0.2) is 21.7 Å². The molecular weight excluding hydrogens is 364 g/mol. The number of Topliss-reactive ketones (excluding diaryl/α,β-unsaturated/α-hetero) is 1. The number of anilines is 3. The Balaban J connectivity index is 1.56. The van der Waals surface area contributed by atoms with E-state index in [9.17, 15) is 9.59 Å². The van der Waals surface area contributed by atoms with E-state index < -0.39 is 0 Å². The first kappa shape index (κ1) is 18.3. The van der Waals surface area contributed by atoms with Crippen LogP contribution in [0.15, 0.2) is 79.1 Å². The predicted molar refractivity (Wildman–Crippen MR) is 114 cm³/mol. The second-order valence-corrected chi connectivity index (χ2v) is 6.53. The number of aromatic nitrogens is 2. The van der Waals surface area contributed by atoms with Gasteiger partial charge in [-0.2, -0.15) is 0 Å². The minimum Gasteiger partial charge on any atom is -0.354 e. The highest BCUT2D eigenvalue weighted by molar-refractivity contribution is 6.04. The van der Waals surface area contributed by atoms with Gasteiger partial charge in [0.05, 0.1) is 11.2 Å². The van der Waals surface area contributed by atoms with Crippen molar-refractivity contribution in [1.82, 2.24) is 9.97 Å². The van der Waals surface area contributed by atoms with E-state index in [1.54, 1.807) is 48.8 Å². The number of para-hydroxylation sites is 1. The van der Waals surface area contributed by atoms with Gasteiger partial charge in [-0.15, -0.1) is 0 Å². The average Bonchev–Trinajstić information content (AvgIpc) is 2.74. The Labute approximate surface area is 167 Å². The number of amides is 1. The maximum Gasteiger partial charge on any atom is 0.274 e. The third-order valence-corrected chi connectivity index (χ3v) is 4.43. The van der Waals surface area contributed by atoms with E-state index in [4.69, 9.17) is 0 Å². The molecule has 0 unspecified atom stereocenters. The van der Waals surface area contributed by atoms with E-state index in [2.05, 4.69) is 20.6 Å².